The van der Waals surface area contributed by atoms with Crippen LogP contribution in [0.1, 0.15) is 56.9 Å². The summed E-state index contributed by atoms with van der Waals surface area (Å²) in [4.78, 5) is 3.83. The van der Waals surface area contributed by atoms with E-state index in [2.05, 4.69) is 20.8 Å². The molecule has 0 N–H and O–H groups in total. The molecule has 4 rings (SSSR count). The van der Waals surface area contributed by atoms with E-state index in [-0.39, 0.29) is 10.3 Å². The van der Waals surface area contributed by atoms with Gasteiger partial charge in [-0.1, -0.05) is 41.5 Å². The van der Waals surface area contributed by atoms with Gasteiger partial charge in [0, 0.05) is 29.9 Å². The van der Waals surface area contributed by atoms with E-state index in [0.29, 0.717) is 9.75 Å². The Balaban J connectivity index is 1.89. The number of allylic oxidation sites excluding steroid dienone is 2. The van der Waals surface area contributed by atoms with Gasteiger partial charge in [0.1, 0.15) is 0 Å². The first-order valence-electron chi connectivity index (χ1n) is 10.7. The van der Waals surface area contributed by atoms with E-state index >= 15 is 0 Å². The second-order valence-electron chi connectivity index (χ2n) is 10.6. The van der Waals surface area contributed by atoms with Gasteiger partial charge in [-0.3, -0.25) is 0 Å². The average molecular weight is 553 g/mol. The van der Waals surface area contributed by atoms with Gasteiger partial charge in [0.2, 0.25) is 0 Å². The van der Waals surface area contributed by atoms with E-state index in [1.54, 1.807) is 44.2 Å². The molecule has 0 atom stereocenters. The molecule has 0 saturated carbocycles. The van der Waals surface area contributed by atoms with E-state index in [0.717, 1.165) is 32.0 Å². The summed E-state index contributed by atoms with van der Waals surface area (Å²) < 4.78 is 100.0. The van der Waals surface area contributed by atoms with Crippen molar-refractivity contribution in [2.24, 2.45) is 0 Å². The average Bonchev–Trinajstić information content (AvgIpc) is 3.45. The summed E-state index contributed by atoms with van der Waals surface area (Å²) >= 11 is 3.80. The first kappa shape index (κ1) is 26.4. The Hall–Kier alpha value is -1.65. The number of thiophene rings is 3. The van der Waals surface area contributed by atoms with Gasteiger partial charge in [-0.2, -0.15) is 26.3 Å². The molecule has 0 fully saturated rings. The molecule has 10 heteroatoms. The molecule has 0 spiro atoms. The van der Waals surface area contributed by atoms with Crippen LogP contribution >= 0.6 is 34.0 Å². The summed E-state index contributed by atoms with van der Waals surface area (Å²) in [6, 6.07) is 8.46. The monoisotopic (exact) mass is 552 g/mol. The second-order valence-corrected chi connectivity index (χ2v) is 13.8. The molecule has 0 nitrogen and oxygen atoms in total. The molecule has 0 aliphatic heterocycles. The fraction of sp³-hybridized carbons (Fsp3) is 0.440. The molecule has 1 aliphatic carbocycles. The van der Waals surface area contributed by atoms with Gasteiger partial charge in [0.25, 0.3) is 0 Å². The van der Waals surface area contributed by atoms with Crippen LogP contribution in [0.2, 0.25) is 0 Å². The van der Waals surface area contributed by atoms with Crippen LogP contribution in [0, 0.1) is 0 Å². The topological polar surface area (TPSA) is 0 Å². The lowest BCUT2D eigenvalue weighted by molar-refractivity contribution is -0.263. The summed E-state index contributed by atoms with van der Waals surface area (Å²) in [7, 11) is 0. The lowest BCUT2D eigenvalue weighted by Gasteiger charge is -2.24. The number of rotatable bonds is 3. The van der Waals surface area contributed by atoms with Crippen molar-refractivity contribution in [3.8, 4) is 19.5 Å². The molecular weight excluding hydrogens is 529 g/mol. The molecule has 0 unspecified atom stereocenters. The Morgan fingerprint density at radius 2 is 1.14 bits per heavy atom. The molecule has 190 valence electrons. The SMILES string of the molecule is CC(C)(C)c1ccc(-c2ccc(-c3sc(C(C)(C)C)cc3C3=C(F)C(F)(F)C(F)(F)C3(F)F)s2)s1. The van der Waals surface area contributed by atoms with Crippen molar-refractivity contribution in [3.63, 3.8) is 0 Å². The fourth-order valence-corrected chi connectivity index (χ4v) is 7.18. The molecule has 0 aromatic carbocycles. The molecule has 3 aromatic rings. The van der Waals surface area contributed by atoms with Crippen molar-refractivity contribution < 1.29 is 30.7 Å². The molecule has 1 aliphatic rings. The van der Waals surface area contributed by atoms with Gasteiger partial charge >= 0.3 is 17.8 Å². The summed E-state index contributed by atoms with van der Waals surface area (Å²) in [6.45, 7) is 11.5. The summed E-state index contributed by atoms with van der Waals surface area (Å²) in [5.41, 5.74) is -3.23. The molecule has 35 heavy (non-hydrogen) atoms. The van der Waals surface area contributed by atoms with E-state index in [1.165, 1.54) is 11.3 Å². The smallest absolute Gasteiger partial charge is 0.204 e. The predicted molar refractivity (Wildman–Crippen MR) is 131 cm³/mol. The Morgan fingerprint density at radius 3 is 1.63 bits per heavy atom. The van der Waals surface area contributed by atoms with Crippen molar-refractivity contribution in [2.45, 2.75) is 70.1 Å². The van der Waals surface area contributed by atoms with Crippen molar-refractivity contribution in [1.82, 2.24) is 0 Å². The van der Waals surface area contributed by atoms with Gasteiger partial charge in [0.05, 0.1) is 10.5 Å². The zero-order valence-electron chi connectivity index (χ0n) is 19.8. The van der Waals surface area contributed by atoms with Gasteiger partial charge < -0.3 is 0 Å². The van der Waals surface area contributed by atoms with Crippen LogP contribution in [0.25, 0.3) is 25.1 Å². The molecule has 3 heterocycles. The van der Waals surface area contributed by atoms with Crippen LogP contribution in [-0.4, -0.2) is 17.8 Å². The van der Waals surface area contributed by atoms with E-state index in [1.807, 2.05) is 12.1 Å². The minimum absolute atomic E-state index is 0.0668. The Morgan fingerprint density at radius 1 is 0.629 bits per heavy atom. The number of hydrogen-bond acceptors (Lipinski definition) is 3. The maximum Gasteiger partial charge on any atom is 0.383 e. The van der Waals surface area contributed by atoms with Crippen molar-refractivity contribution in [3.05, 3.63) is 51.5 Å². The van der Waals surface area contributed by atoms with Crippen molar-refractivity contribution in [2.75, 3.05) is 0 Å². The van der Waals surface area contributed by atoms with E-state index in [9.17, 15) is 30.7 Å². The highest BCUT2D eigenvalue weighted by atomic mass is 32.1. The van der Waals surface area contributed by atoms with Gasteiger partial charge in [-0.15, -0.1) is 34.0 Å². The highest BCUT2D eigenvalue weighted by Gasteiger charge is 2.81. The van der Waals surface area contributed by atoms with Gasteiger partial charge in [-0.05, 0) is 41.2 Å². The van der Waals surface area contributed by atoms with Gasteiger partial charge in [-0.25, -0.2) is 4.39 Å². The largest absolute Gasteiger partial charge is 0.383 e. The first-order chi connectivity index (χ1) is 15.8. The molecule has 3 aromatic heterocycles. The maximum absolute atomic E-state index is 14.7. The zero-order valence-corrected chi connectivity index (χ0v) is 22.2. The third kappa shape index (κ3) is 4.00. The number of alkyl halides is 6. The zero-order chi connectivity index (χ0) is 26.4. The summed E-state index contributed by atoms with van der Waals surface area (Å²) in [6.07, 6.45) is 0. The normalized spacial score (nSPS) is 19.6. The highest BCUT2D eigenvalue weighted by molar-refractivity contribution is 7.26. The molecular formula is C25H23F7S3. The third-order valence-electron chi connectivity index (χ3n) is 5.76. The van der Waals surface area contributed by atoms with Crippen LogP contribution in [0.5, 0.6) is 0 Å². The summed E-state index contributed by atoms with van der Waals surface area (Å²) in [5, 5.41) is 0. The van der Waals surface area contributed by atoms with Crippen LogP contribution in [-0.2, 0) is 10.8 Å². The molecule has 0 saturated heterocycles. The molecule has 0 bridgehead atoms. The van der Waals surface area contributed by atoms with Crippen LogP contribution < -0.4 is 0 Å². The van der Waals surface area contributed by atoms with E-state index in [4.69, 9.17) is 0 Å². The third-order valence-corrected chi connectivity index (χ3v) is 10.3. The Labute approximate surface area is 211 Å². The first-order valence-corrected chi connectivity index (χ1v) is 13.1. The lowest BCUT2D eigenvalue weighted by atomic mass is 9.92. The highest BCUT2D eigenvalue weighted by Crippen LogP contribution is 2.64. The summed E-state index contributed by atoms with van der Waals surface area (Å²) in [5.74, 6) is -19.6. The van der Waals surface area contributed by atoms with Crippen molar-refractivity contribution in [1.29, 1.82) is 0 Å². The minimum atomic E-state index is -5.87. The van der Waals surface area contributed by atoms with Crippen LogP contribution in [0.4, 0.5) is 30.7 Å². The van der Waals surface area contributed by atoms with E-state index < -0.39 is 40.1 Å². The Bertz CT molecular complexity index is 1310. The minimum Gasteiger partial charge on any atom is -0.204 e. The van der Waals surface area contributed by atoms with Crippen LogP contribution in [0.3, 0.4) is 0 Å². The molecule has 0 amide bonds. The standard InChI is InChI=1S/C25H23F7S3/c1-21(2,3)16-10-9-14(34-16)13-7-8-15(33-13)19-12(11-17(35-19)22(4,5)6)18-20(26)24(29,30)25(31,32)23(18,27)28/h7-11H,1-6H3. The predicted octanol–water partition coefficient (Wildman–Crippen LogP) is 10.4. The fourth-order valence-electron chi connectivity index (χ4n) is 3.67. The Kier molecular flexibility index (Phi) is 5.98. The maximum atomic E-state index is 14.7. The van der Waals surface area contributed by atoms with Crippen LogP contribution in [0.15, 0.2) is 36.2 Å². The number of halogens is 7. The quantitative estimate of drug-likeness (QED) is 0.284. The number of hydrogen-bond donors (Lipinski definition) is 0. The molecule has 0 radical (unpaired) electrons. The lowest BCUT2D eigenvalue weighted by Crippen LogP contribution is -2.48. The second kappa shape index (κ2) is 7.92. The van der Waals surface area contributed by atoms with Crippen molar-refractivity contribution >= 4 is 39.6 Å². The van der Waals surface area contributed by atoms with Gasteiger partial charge in [0.15, 0.2) is 5.83 Å².